The molecule has 2 N–H and O–H groups in total. The van der Waals surface area contributed by atoms with E-state index in [0.717, 1.165) is 16.7 Å². The molecule has 2 heterocycles. The molecule has 0 aliphatic carbocycles. The van der Waals surface area contributed by atoms with E-state index >= 15 is 0 Å². The van der Waals surface area contributed by atoms with Crippen molar-refractivity contribution < 1.29 is 4.42 Å². The Balaban J connectivity index is 2.07. The van der Waals surface area contributed by atoms with Gasteiger partial charge in [0, 0.05) is 5.39 Å². The van der Waals surface area contributed by atoms with Gasteiger partial charge in [-0.2, -0.15) is 5.10 Å². The molecule has 0 radical (unpaired) electrons. The summed E-state index contributed by atoms with van der Waals surface area (Å²) in [5, 5.41) is 5.29. The molecule has 0 bridgehead atoms. The van der Waals surface area contributed by atoms with Crippen LogP contribution < -0.4 is 5.73 Å². The Labute approximate surface area is 98.6 Å². The second kappa shape index (κ2) is 3.66. The normalized spacial score (nSPS) is 13.0. The number of rotatable bonds is 2. The largest absolute Gasteiger partial charge is 0.459 e. The van der Waals surface area contributed by atoms with Crippen LogP contribution in [0.25, 0.3) is 11.0 Å². The number of hydrogen-bond acceptors (Lipinski definition) is 3. The van der Waals surface area contributed by atoms with Gasteiger partial charge in [-0.15, -0.1) is 0 Å². The number of nitrogen functional groups attached to an aromatic ring is 1. The number of furan rings is 1. The van der Waals surface area contributed by atoms with Crippen molar-refractivity contribution in [1.82, 2.24) is 9.78 Å². The van der Waals surface area contributed by atoms with Crippen molar-refractivity contribution in [2.24, 2.45) is 0 Å². The predicted molar refractivity (Wildman–Crippen MR) is 66.7 cm³/mol. The first kappa shape index (κ1) is 9.96. The molecule has 0 aliphatic heterocycles. The summed E-state index contributed by atoms with van der Waals surface area (Å²) in [4.78, 5) is 0. The second-order valence-electron chi connectivity index (χ2n) is 4.06. The molecule has 0 aliphatic rings. The zero-order valence-electron chi connectivity index (χ0n) is 9.50. The summed E-state index contributed by atoms with van der Waals surface area (Å²) in [7, 11) is 0. The molecule has 0 saturated carbocycles. The Kier molecular flexibility index (Phi) is 2.14. The van der Waals surface area contributed by atoms with Crippen LogP contribution in [0.15, 0.2) is 47.0 Å². The monoisotopic (exact) mass is 227 g/mol. The van der Waals surface area contributed by atoms with E-state index in [1.807, 2.05) is 37.3 Å². The minimum Gasteiger partial charge on any atom is -0.459 e. The zero-order chi connectivity index (χ0) is 11.8. The van der Waals surface area contributed by atoms with Crippen LogP contribution in [0.2, 0.25) is 0 Å². The quantitative estimate of drug-likeness (QED) is 0.732. The summed E-state index contributed by atoms with van der Waals surface area (Å²) in [5.41, 5.74) is 6.72. The molecule has 0 amide bonds. The highest BCUT2D eigenvalue weighted by molar-refractivity contribution is 5.77. The maximum Gasteiger partial charge on any atom is 0.134 e. The van der Waals surface area contributed by atoms with Gasteiger partial charge in [0.2, 0.25) is 0 Å². The van der Waals surface area contributed by atoms with E-state index in [4.69, 9.17) is 10.2 Å². The summed E-state index contributed by atoms with van der Waals surface area (Å²) in [6, 6.07) is 11.7. The molecule has 3 aromatic rings. The Hall–Kier alpha value is -2.23. The first-order valence-electron chi connectivity index (χ1n) is 5.53. The van der Waals surface area contributed by atoms with Crippen LogP contribution in [-0.2, 0) is 0 Å². The van der Waals surface area contributed by atoms with Gasteiger partial charge in [0.05, 0.1) is 6.20 Å². The molecule has 0 fully saturated rings. The molecule has 1 aromatic carbocycles. The van der Waals surface area contributed by atoms with E-state index in [1.165, 1.54) is 0 Å². The van der Waals surface area contributed by atoms with Crippen LogP contribution in [0.5, 0.6) is 0 Å². The standard InChI is InChI=1S/C13H13N3O/c1-9(16-13(14)6-7-15-16)12-8-10-4-2-3-5-11(10)17-12/h2-9H,14H2,1H3. The number of fused-ring (bicyclic) bond motifs is 1. The molecule has 0 spiro atoms. The van der Waals surface area contributed by atoms with Crippen LogP contribution in [0.3, 0.4) is 0 Å². The van der Waals surface area contributed by atoms with Gasteiger partial charge in [-0.1, -0.05) is 18.2 Å². The van der Waals surface area contributed by atoms with Crippen LogP contribution in [0, 0.1) is 0 Å². The Bertz CT molecular complexity index is 620. The average Bonchev–Trinajstić information content (AvgIpc) is 2.93. The third-order valence-corrected chi connectivity index (χ3v) is 2.92. The number of nitrogens with two attached hydrogens (primary N) is 1. The Morgan fingerprint density at radius 1 is 1.29 bits per heavy atom. The minimum absolute atomic E-state index is 0.00241. The Morgan fingerprint density at radius 3 is 2.82 bits per heavy atom. The van der Waals surface area contributed by atoms with Crippen molar-refractivity contribution in [3.05, 3.63) is 48.4 Å². The van der Waals surface area contributed by atoms with Crippen molar-refractivity contribution in [3.63, 3.8) is 0 Å². The molecule has 4 nitrogen and oxygen atoms in total. The lowest BCUT2D eigenvalue weighted by Crippen LogP contribution is -2.10. The van der Waals surface area contributed by atoms with Crippen molar-refractivity contribution in [2.45, 2.75) is 13.0 Å². The lowest BCUT2D eigenvalue weighted by Gasteiger charge is -2.10. The van der Waals surface area contributed by atoms with Gasteiger partial charge in [0.1, 0.15) is 23.2 Å². The smallest absolute Gasteiger partial charge is 0.134 e. The fourth-order valence-corrected chi connectivity index (χ4v) is 1.98. The summed E-state index contributed by atoms with van der Waals surface area (Å²) in [5.74, 6) is 1.50. The minimum atomic E-state index is -0.00241. The molecular weight excluding hydrogens is 214 g/mol. The molecule has 1 unspecified atom stereocenters. The number of aromatic nitrogens is 2. The zero-order valence-corrected chi connectivity index (χ0v) is 9.50. The van der Waals surface area contributed by atoms with Gasteiger partial charge >= 0.3 is 0 Å². The van der Waals surface area contributed by atoms with E-state index in [1.54, 1.807) is 16.9 Å². The van der Waals surface area contributed by atoms with Gasteiger partial charge in [0.25, 0.3) is 0 Å². The van der Waals surface area contributed by atoms with E-state index in [9.17, 15) is 0 Å². The predicted octanol–water partition coefficient (Wildman–Crippen LogP) is 2.82. The van der Waals surface area contributed by atoms with Crippen LogP contribution in [0.1, 0.15) is 18.7 Å². The average molecular weight is 227 g/mol. The molecule has 86 valence electrons. The maximum absolute atomic E-state index is 5.83. The van der Waals surface area contributed by atoms with E-state index < -0.39 is 0 Å². The first-order chi connectivity index (χ1) is 8.25. The van der Waals surface area contributed by atoms with Crippen LogP contribution >= 0.6 is 0 Å². The lowest BCUT2D eigenvalue weighted by atomic mass is 10.2. The summed E-state index contributed by atoms with van der Waals surface area (Å²) >= 11 is 0. The number of hydrogen-bond donors (Lipinski definition) is 1. The molecule has 1 atom stereocenters. The van der Waals surface area contributed by atoms with Gasteiger partial charge in [-0.05, 0) is 25.1 Å². The van der Waals surface area contributed by atoms with E-state index in [2.05, 4.69) is 5.10 Å². The molecular formula is C13H13N3O. The molecule has 3 rings (SSSR count). The highest BCUT2D eigenvalue weighted by Crippen LogP contribution is 2.26. The number of anilines is 1. The van der Waals surface area contributed by atoms with Crippen molar-refractivity contribution in [2.75, 3.05) is 5.73 Å². The van der Waals surface area contributed by atoms with Crippen molar-refractivity contribution >= 4 is 16.8 Å². The van der Waals surface area contributed by atoms with Crippen molar-refractivity contribution in [1.29, 1.82) is 0 Å². The lowest BCUT2D eigenvalue weighted by molar-refractivity contribution is 0.449. The molecule has 4 heteroatoms. The maximum atomic E-state index is 5.83. The first-order valence-corrected chi connectivity index (χ1v) is 5.53. The van der Waals surface area contributed by atoms with Crippen LogP contribution in [0.4, 0.5) is 5.82 Å². The third-order valence-electron chi connectivity index (χ3n) is 2.92. The molecule has 17 heavy (non-hydrogen) atoms. The van der Waals surface area contributed by atoms with Gasteiger partial charge in [0.15, 0.2) is 0 Å². The second-order valence-corrected chi connectivity index (χ2v) is 4.06. The highest BCUT2D eigenvalue weighted by Gasteiger charge is 2.15. The third kappa shape index (κ3) is 1.58. The van der Waals surface area contributed by atoms with E-state index in [-0.39, 0.29) is 6.04 Å². The number of benzene rings is 1. The van der Waals surface area contributed by atoms with E-state index in [0.29, 0.717) is 5.82 Å². The Morgan fingerprint density at radius 2 is 2.12 bits per heavy atom. The van der Waals surface area contributed by atoms with Gasteiger partial charge in [-0.25, -0.2) is 4.68 Å². The molecule has 2 aromatic heterocycles. The topological polar surface area (TPSA) is 57.0 Å². The number of nitrogens with zero attached hydrogens (tertiary/aromatic N) is 2. The van der Waals surface area contributed by atoms with Gasteiger partial charge < -0.3 is 10.2 Å². The van der Waals surface area contributed by atoms with Crippen LogP contribution in [-0.4, -0.2) is 9.78 Å². The SMILES string of the molecule is CC(c1cc2ccccc2o1)n1nccc1N. The van der Waals surface area contributed by atoms with Gasteiger partial charge in [-0.3, -0.25) is 0 Å². The number of para-hydroxylation sites is 1. The van der Waals surface area contributed by atoms with Crippen molar-refractivity contribution in [3.8, 4) is 0 Å². The fourth-order valence-electron chi connectivity index (χ4n) is 1.98. The fraction of sp³-hybridized carbons (Fsp3) is 0.154. The highest BCUT2D eigenvalue weighted by atomic mass is 16.3. The summed E-state index contributed by atoms with van der Waals surface area (Å²) in [6.45, 7) is 2.01. The summed E-state index contributed by atoms with van der Waals surface area (Å²) in [6.07, 6.45) is 1.69. The summed E-state index contributed by atoms with van der Waals surface area (Å²) < 4.78 is 7.54. The molecule has 0 saturated heterocycles.